The summed E-state index contributed by atoms with van der Waals surface area (Å²) in [5, 5.41) is 0. The van der Waals surface area contributed by atoms with Crippen LogP contribution in [0.25, 0.3) is 0 Å². The molecule has 0 aliphatic heterocycles. The Labute approximate surface area is 76.6 Å². The molecular formula is C9H10ClNO. The number of rotatable bonds is 2. The maximum atomic E-state index is 11.2. The van der Waals surface area contributed by atoms with Crippen LogP contribution in [0, 0.1) is 13.8 Å². The zero-order chi connectivity index (χ0) is 9.14. The van der Waals surface area contributed by atoms with Gasteiger partial charge >= 0.3 is 0 Å². The summed E-state index contributed by atoms with van der Waals surface area (Å²) in [6, 6.07) is 3.58. The molecule has 0 amide bonds. The number of hydrogen-bond acceptors (Lipinski definition) is 2. The van der Waals surface area contributed by atoms with Gasteiger partial charge in [0.1, 0.15) is 0 Å². The van der Waals surface area contributed by atoms with Crippen molar-refractivity contribution in [1.82, 2.24) is 4.98 Å². The predicted molar refractivity (Wildman–Crippen MR) is 48.8 cm³/mol. The number of ketones is 1. The second-order valence-corrected chi connectivity index (χ2v) is 2.91. The van der Waals surface area contributed by atoms with Gasteiger partial charge in [-0.25, -0.2) is 0 Å². The zero-order valence-electron chi connectivity index (χ0n) is 7.10. The lowest BCUT2D eigenvalue weighted by atomic mass is 10.1. The summed E-state index contributed by atoms with van der Waals surface area (Å²) < 4.78 is 0. The minimum Gasteiger partial charge on any atom is -0.293 e. The van der Waals surface area contributed by atoms with Gasteiger partial charge in [0, 0.05) is 17.0 Å². The molecule has 64 valence electrons. The Morgan fingerprint density at radius 1 is 1.50 bits per heavy atom. The van der Waals surface area contributed by atoms with E-state index in [0.29, 0.717) is 5.56 Å². The summed E-state index contributed by atoms with van der Waals surface area (Å²) in [6.45, 7) is 3.70. The molecule has 0 atom stereocenters. The molecule has 0 aliphatic carbocycles. The summed E-state index contributed by atoms with van der Waals surface area (Å²) in [4.78, 5) is 15.3. The fourth-order valence-electron chi connectivity index (χ4n) is 1.05. The van der Waals surface area contributed by atoms with Crippen molar-refractivity contribution < 1.29 is 4.79 Å². The van der Waals surface area contributed by atoms with E-state index in [2.05, 4.69) is 4.98 Å². The van der Waals surface area contributed by atoms with Gasteiger partial charge in [0.05, 0.1) is 5.88 Å². The summed E-state index contributed by atoms with van der Waals surface area (Å²) >= 11 is 5.42. The van der Waals surface area contributed by atoms with Crippen molar-refractivity contribution in [3.63, 3.8) is 0 Å². The van der Waals surface area contributed by atoms with Gasteiger partial charge < -0.3 is 0 Å². The first-order chi connectivity index (χ1) is 5.65. The van der Waals surface area contributed by atoms with Crippen molar-refractivity contribution in [2.75, 3.05) is 5.88 Å². The first-order valence-electron chi connectivity index (χ1n) is 3.68. The molecule has 1 rings (SSSR count). The lowest BCUT2D eigenvalue weighted by Crippen LogP contribution is -2.04. The van der Waals surface area contributed by atoms with E-state index in [9.17, 15) is 4.79 Å². The first kappa shape index (κ1) is 9.20. The number of Topliss-reactive ketones (excluding diaryl/α,β-unsaturated/α-hetero) is 1. The maximum Gasteiger partial charge on any atom is 0.179 e. The Hall–Kier alpha value is -0.890. The number of halogens is 1. The van der Waals surface area contributed by atoms with E-state index >= 15 is 0 Å². The number of hydrogen-bond donors (Lipinski definition) is 0. The van der Waals surface area contributed by atoms with Crippen LogP contribution in [-0.2, 0) is 0 Å². The third kappa shape index (κ3) is 1.83. The summed E-state index contributed by atoms with van der Waals surface area (Å²) in [5.41, 5.74) is 2.29. The Morgan fingerprint density at radius 2 is 2.17 bits per heavy atom. The van der Waals surface area contributed by atoms with Crippen molar-refractivity contribution in [1.29, 1.82) is 0 Å². The molecule has 3 heteroatoms. The monoisotopic (exact) mass is 183 g/mol. The molecule has 12 heavy (non-hydrogen) atoms. The topological polar surface area (TPSA) is 30.0 Å². The number of pyridine rings is 1. The predicted octanol–water partition coefficient (Wildman–Crippen LogP) is 2.12. The van der Waals surface area contributed by atoms with E-state index in [1.54, 1.807) is 6.07 Å². The summed E-state index contributed by atoms with van der Waals surface area (Å²) in [7, 11) is 0. The third-order valence-corrected chi connectivity index (χ3v) is 1.89. The molecule has 0 radical (unpaired) electrons. The third-order valence-electron chi connectivity index (χ3n) is 1.65. The average Bonchev–Trinajstić information content (AvgIpc) is 2.03. The fourth-order valence-corrected chi connectivity index (χ4v) is 1.20. The Morgan fingerprint density at radius 3 is 2.67 bits per heavy atom. The molecular weight excluding hydrogens is 174 g/mol. The van der Waals surface area contributed by atoms with Gasteiger partial charge in [-0.2, -0.15) is 0 Å². The van der Waals surface area contributed by atoms with Crippen LogP contribution in [0.2, 0.25) is 0 Å². The second-order valence-electron chi connectivity index (χ2n) is 2.64. The van der Waals surface area contributed by atoms with Gasteiger partial charge in [0.25, 0.3) is 0 Å². The molecule has 0 saturated carbocycles. The van der Waals surface area contributed by atoms with Crippen LogP contribution in [-0.4, -0.2) is 16.6 Å². The minimum atomic E-state index is -0.0679. The van der Waals surface area contributed by atoms with Crippen LogP contribution in [0.3, 0.4) is 0 Å². The SMILES string of the molecule is Cc1ccc(C(=O)CCl)c(C)n1. The maximum absolute atomic E-state index is 11.2. The number of nitrogens with zero attached hydrogens (tertiary/aromatic N) is 1. The fraction of sp³-hybridized carbons (Fsp3) is 0.333. The standard InChI is InChI=1S/C9H10ClNO/c1-6-3-4-8(7(2)11-6)9(12)5-10/h3-4H,5H2,1-2H3. The smallest absolute Gasteiger partial charge is 0.179 e. The van der Waals surface area contributed by atoms with Crippen LogP contribution < -0.4 is 0 Å². The molecule has 0 aromatic carbocycles. The van der Waals surface area contributed by atoms with E-state index in [1.165, 1.54) is 0 Å². The number of aryl methyl sites for hydroxylation is 2. The second kappa shape index (κ2) is 3.68. The summed E-state index contributed by atoms with van der Waals surface area (Å²) in [6.07, 6.45) is 0. The Kier molecular flexibility index (Phi) is 2.82. The van der Waals surface area contributed by atoms with Crippen LogP contribution in [0.1, 0.15) is 21.7 Å². The molecule has 0 bridgehead atoms. The number of carbonyl (C=O) groups is 1. The van der Waals surface area contributed by atoms with Crippen molar-refractivity contribution in [2.45, 2.75) is 13.8 Å². The van der Waals surface area contributed by atoms with Crippen LogP contribution >= 0.6 is 11.6 Å². The molecule has 0 saturated heterocycles. The van der Waals surface area contributed by atoms with E-state index in [4.69, 9.17) is 11.6 Å². The number of carbonyl (C=O) groups excluding carboxylic acids is 1. The molecule has 2 nitrogen and oxygen atoms in total. The largest absolute Gasteiger partial charge is 0.293 e. The number of aromatic nitrogens is 1. The molecule has 0 unspecified atom stereocenters. The highest BCUT2D eigenvalue weighted by Crippen LogP contribution is 2.07. The van der Waals surface area contributed by atoms with Gasteiger partial charge in [-0.15, -0.1) is 11.6 Å². The molecule has 1 heterocycles. The molecule has 0 spiro atoms. The molecule has 0 fully saturated rings. The Bertz CT molecular complexity index is 309. The van der Waals surface area contributed by atoms with E-state index in [0.717, 1.165) is 11.4 Å². The lowest BCUT2D eigenvalue weighted by molar-refractivity contribution is 0.102. The highest BCUT2D eigenvalue weighted by molar-refractivity contribution is 6.30. The zero-order valence-corrected chi connectivity index (χ0v) is 7.85. The average molecular weight is 184 g/mol. The normalized spacial score (nSPS) is 9.92. The van der Waals surface area contributed by atoms with E-state index in [1.807, 2.05) is 19.9 Å². The van der Waals surface area contributed by atoms with Crippen molar-refractivity contribution in [3.05, 3.63) is 29.1 Å². The van der Waals surface area contributed by atoms with Gasteiger partial charge in [-0.3, -0.25) is 9.78 Å². The molecule has 0 aliphatic rings. The first-order valence-corrected chi connectivity index (χ1v) is 4.22. The number of alkyl halides is 1. The quantitative estimate of drug-likeness (QED) is 0.519. The van der Waals surface area contributed by atoms with Crippen LogP contribution in [0.15, 0.2) is 12.1 Å². The molecule has 1 aromatic heterocycles. The van der Waals surface area contributed by atoms with Gasteiger partial charge in [-0.05, 0) is 26.0 Å². The highest BCUT2D eigenvalue weighted by atomic mass is 35.5. The molecule has 1 aromatic rings. The Balaban J connectivity index is 3.09. The van der Waals surface area contributed by atoms with Gasteiger partial charge in [0.15, 0.2) is 5.78 Å². The lowest BCUT2D eigenvalue weighted by Gasteiger charge is -2.01. The van der Waals surface area contributed by atoms with Crippen LogP contribution in [0.5, 0.6) is 0 Å². The van der Waals surface area contributed by atoms with Crippen molar-refractivity contribution >= 4 is 17.4 Å². The minimum absolute atomic E-state index is 0.0194. The van der Waals surface area contributed by atoms with Gasteiger partial charge in [-0.1, -0.05) is 0 Å². The molecule has 0 N–H and O–H groups in total. The summed E-state index contributed by atoms with van der Waals surface area (Å²) in [5.74, 6) is -0.0485. The highest BCUT2D eigenvalue weighted by Gasteiger charge is 2.07. The van der Waals surface area contributed by atoms with E-state index in [-0.39, 0.29) is 11.7 Å². The van der Waals surface area contributed by atoms with Crippen LogP contribution in [0.4, 0.5) is 0 Å². The van der Waals surface area contributed by atoms with Gasteiger partial charge in [0.2, 0.25) is 0 Å². The van der Waals surface area contributed by atoms with E-state index < -0.39 is 0 Å². The van der Waals surface area contributed by atoms with Crippen molar-refractivity contribution in [3.8, 4) is 0 Å². The van der Waals surface area contributed by atoms with Crippen molar-refractivity contribution in [2.24, 2.45) is 0 Å².